The van der Waals surface area contributed by atoms with E-state index in [9.17, 15) is 4.79 Å². The van der Waals surface area contributed by atoms with Crippen LogP contribution in [0, 0.1) is 5.92 Å². The van der Waals surface area contributed by atoms with Crippen LogP contribution < -0.4 is 5.32 Å². The van der Waals surface area contributed by atoms with E-state index in [4.69, 9.17) is 0 Å². The van der Waals surface area contributed by atoms with E-state index in [1.54, 1.807) is 0 Å². The van der Waals surface area contributed by atoms with Crippen LogP contribution in [0.1, 0.15) is 26.7 Å². The highest BCUT2D eigenvalue weighted by Gasteiger charge is 2.23. The fourth-order valence-corrected chi connectivity index (χ4v) is 1.83. The van der Waals surface area contributed by atoms with Gasteiger partial charge in [0.05, 0.1) is 0 Å². The molecule has 0 spiro atoms. The Hall–Kier alpha value is -0.570. The van der Waals surface area contributed by atoms with Gasteiger partial charge in [0, 0.05) is 12.5 Å². The minimum atomic E-state index is 0.248. The van der Waals surface area contributed by atoms with Gasteiger partial charge in [-0.1, -0.05) is 6.92 Å². The lowest BCUT2D eigenvalue weighted by molar-refractivity contribution is -0.126. The van der Waals surface area contributed by atoms with E-state index < -0.39 is 0 Å². The Balaban J connectivity index is 2.28. The van der Waals surface area contributed by atoms with E-state index in [1.165, 1.54) is 0 Å². The average Bonchev–Trinajstić information content (AvgIpc) is 2.18. The Morgan fingerprint density at radius 2 is 2.00 bits per heavy atom. The predicted molar refractivity (Wildman–Crippen MR) is 53.5 cm³/mol. The standard InChI is InChI=1S/C10H20N2O/c1-3-11-10(13)9-5-7-12(4-2)8-6-9/h9H,3-8H2,1-2H3,(H,11,13). The molecule has 1 rings (SSSR count). The van der Waals surface area contributed by atoms with Crippen molar-refractivity contribution in [2.45, 2.75) is 26.7 Å². The molecule has 1 N–H and O–H groups in total. The Kier molecular flexibility index (Phi) is 4.22. The van der Waals surface area contributed by atoms with Crippen molar-refractivity contribution in [2.24, 2.45) is 5.92 Å². The Bertz CT molecular complexity index is 162. The zero-order valence-electron chi connectivity index (χ0n) is 8.68. The normalized spacial score (nSPS) is 20.2. The van der Waals surface area contributed by atoms with Gasteiger partial charge in [-0.25, -0.2) is 0 Å². The van der Waals surface area contributed by atoms with Crippen molar-refractivity contribution in [3.8, 4) is 0 Å². The summed E-state index contributed by atoms with van der Waals surface area (Å²) in [6.07, 6.45) is 2.05. The van der Waals surface area contributed by atoms with E-state index in [2.05, 4.69) is 17.1 Å². The monoisotopic (exact) mass is 184 g/mol. The molecule has 0 radical (unpaired) electrons. The highest BCUT2D eigenvalue weighted by molar-refractivity contribution is 5.78. The number of amides is 1. The maximum atomic E-state index is 11.5. The number of nitrogens with zero attached hydrogens (tertiary/aromatic N) is 1. The molecule has 3 nitrogen and oxygen atoms in total. The summed E-state index contributed by atoms with van der Waals surface area (Å²) in [4.78, 5) is 13.9. The molecule has 1 heterocycles. The second kappa shape index (κ2) is 5.22. The van der Waals surface area contributed by atoms with Crippen molar-refractivity contribution in [1.29, 1.82) is 0 Å². The van der Waals surface area contributed by atoms with Crippen LogP contribution in [0.5, 0.6) is 0 Å². The SMILES string of the molecule is CCNC(=O)C1CCN(CC)CC1. The molecular weight excluding hydrogens is 164 g/mol. The lowest BCUT2D eigenvalue weighted by Crippen LogP contribution is -2.40. The molecule has 0 aromatic rings. The first-order chi connectivity index (χ1) is 6.27. The average molecular weight is 184 g/mol. The van der Waals surface area contributed by atoms with Gasteiger partial charge in [0.25, 0.3) is 0 Å². The smallest absolute Gasteiger partial charge is 0.223 e. The van der Waals surface area contributed by atoms with Crippen molar-refractivity contribution in [3.05, 3.63) is 0 Å². The lowest BCUT2D eigenvalue weighted by Gasteiger charge is -2.30. The molecule has 1 saturated heterocycles. The minimum Gasteiger partial charge on any atom is -0.356 e. The van der Waals surface area contributed by atoms with Crippen LogP contribution in [-0.4, -0.2) is 37.0 Å². The molecular formula is C10H20N2O. The molecule has 1 aliphatic rings. The summed E-state index contributed by atoms with van der Waals surface area (Å²) in [6, 6.07) is 0. The summed E-state index contributed by atoms with van der Waals surface area (Å²) in [5, 5.41) is 2.89. The first-order valence-corrected chi connectivity index (χ1v) is 5.28. The third kappa shape index (κ3) is 2.99. The van der Waals surface area contributed by atoms with Crippen LogP contribution in [0.15, 0.2) is 0 Å². The van der Waals surface area contributed by atoms with Gasteiger partial charge >= 0.3 is 0 Å². The molecule has 0 atom stereocenters. The molecule has 0 aromatic heterocycles. The van der Waals surface area contributed by atoms with Gasteiger partial charge in [-0.3, -0.25) is 4.79 Å². The maximum Gasteiger partial charge on any atom is 0.223 e. The lowest BCUT2D eigenvalue weighted by atomic mass is 9.96. The van der Waals surface area contributed by atoms with Crippen LogP contribution in [-0.2, 0) is 4.79 Å². The topological polar surface area (TPSA) is 32.3 Å². The quantitative estimate of drug-likeness (QED) is 0.705. The van der Waals surface area contributed by atoms with E-state index in [1.807, 2.05) is 6.92 Å². The Morgan fingerprint density at radius 3 is 2.46 bits per heavy atom. The predicted octanol–water partition coefficient (Wildman–Crippen LogP) is 0.854. The van der Waals surface area contributed by atoms with Crippen LogP contribution in [0.2, 0.25) is 0 Å². The summed E-state index contributed by atoms with van der Waals surface area (Å²) in [5.41, 5.74) is 0. The molecule has 13 heavy (non-hydrogen) atoms. The third-order valence-electron chi connectivity index (χ3n) is 2.76. The summed E-state index contributed by atoms with van der Waals surface area (Å²) < 4.78 is 0. The highest BCUT2D eigenvalue weighted by Crippen LogP contribution is 2.16. The summed E-state index contributed by atoms with van der Waals surface area (Å²) in [7, 11) is 0. The first kappa shape index (κ1) is 10.5. The van der Waals surface area contributed by atoms with Crippen molar-refractivity contribution < 1.29 is 4.79 Å². The Morgan fingerprint density at radius 1 is 1.38 bits per heavy atom. The number of piperidine rings is 1. The second-order valence-electron chi connectivity index (χ2n) is 3.60. The van der Waals surface area contributed by atoms with Gasteiger partial charge < -0.3 is 10.2 Å². The van der Waals surface area contributed by atoms with Crippen LogP contribution >= 0.6 is 0 Å². The molecule has 0 aromatic carbocycles. The molecule has 3 heteroatoms. The molecule has 0 aliphatic carbocycles. The van der Waals surface area contributed by atoms with Crippen LogP contribution in [0.25, 0.3) is 0 Å². The van der Waals surface area contributed by atoms with Crippen molar-refractivity contribution >= 4 is 5.91 Å². The van der Waals surface area contributed by atoms with E-state index >= 15 is 0 Å². The zero-order chi connectivity index (χ0) is 9.68. The van der Waals surface area contributed by atoms with Crippen molar-refractivity contribution in [3.63, 3.8) is 0 Å². The van der Waals surface area contributed by atoms with Gasteiger partial charge in [-0.2, -0.15) is 0 Å². The summed E-state index contributed by atoms with van der Waals surface area (Å²) in [6.45, 7) is 8.18. The molecule has 0 unspecified atom stereocenters. The number of hydrogen-bond acceptors (Lipinski definition) is 2. The van der Waals surface area contributed by atoms with Gasteiger partial charge in [-0.15, -0.1) is 0 Å². The third-order valence-corrected chi connectivity index (χ3v) is 2.76. The van der Waals surface area contributed by atoms with E-state index in [0.29, 0.717) is 0 Å². The number of hydrogen-bond donors (Lipinski definition) is 1. The van der Waals surface area contributed by atoms with Gasteiger partial charge in [0.15, 0.2) is 0 Å². The molecule has 76 valence electrons. The van der Waals surface area contributed by atoms with Crippen molar-refractivity contribution in [1.82, 2.24) is 10.2 Å². The summed E-state index contributed by atoms with van der Waals surface area (Å²) >= 11 is 0. The fraction of sp³-hybridized carbons (Fsp3) is 0.900. The highest BCUT2D eigenvalue weighted by atomic mass is 16.1. The van der Waals surface area contributed by atoms with E-state index in [-0.39, 0.29) is 11.8 Å². The zero-order valence-corrected chi connectivity index (χ0v) is 8.68. The van der Waals surface area contributed by atoms with Crippen molar-refractivity contribution in [2.75, 3.05) is 26.2 Å². The number of carbonyl (C=O) groups excluding carboxylic acids is 1. The van der Waals surface area contributed by atoms with Gasteiger partial charge in [0.2, 0.25) is 5.91 Å². The van der Waals surface area contributed by atoms with Crippen LogP contribution in [0.4, 0.5) is 0 Å². The van der Waals surface area contributed by atoms with Gasteiger partial charge in [0.1, 0.15) is 0 Å². The van der Waals surface area contributed by atoms with E-state index in [0.717, 1.165) is 39.0 Å². The molecule has 1 aliphatic heterocycles. The number of carbonyl (C=O) groups is 1. The second-order valence-corrected chi connectivity index (χ2v) is 3.60. The fourth-order valence-electron chi connectivity index (χ4n) is 1.83. The molecule has 1 fully saturated rings. The largest absolute Gasteiger partial charge is 0.356 e. The van der Waals surface area contributed by atoms with Gasteiger partial charge in [-0.05, 0) is 39.4 Å². The number of rotatable bonds is 3. The maximum absolute atomic E-state index is 11.5. The first-order valence-electron chi connectivity index (χ1n) is 5.28. The Labute approximate surface area is 80.5 Å². The number of likely N-dealkylation sites (tertiary alicyclic amines) is 1. The number of nitrogens with one attached hydrogen (secondary N) is 1. The summed E-state index contributed by atoms with van der Waals surface area (Å²) in [5.74, 6) is 0.515. The molecule has 1 amide bonds. The van der Waals surface area contributed by atoms with Crippen LogP contribution in [0.3, 0.4) is 0 Å². The molecule has 0 bridgehead atoms. The molecule has 0 saturated carbocycles. The minimum absolute atomic E-state index is 0.248.